The van der Waals surface area contributed by atoms with E-state index in [0.29, 0.717) is 6.61 Å². The van der Waals surface area contributed by atoms with Gasteiger partial charge in [-0.15, -0.1) is 0 Å². The lowest BCUT2D eigenvalue weighted by Gasteiger charge is -2.09. The highest BCUT2D eigenvalue weighted by Gasteiger charge is 2.23. The summed E-state index contributed by atoms with van der Waals surface area (Å²) in [6, 6.07) is 18.4. The van der Waals surface area contributed by atoms with Gasteiger partial charge in [-0.1, -0.05) is 36.4 Å². The number of aromatic nitrogens is 1. The summed E-state index contributed by atoms with van der Waals surface area (Å²) in [5, 5.41) is 1.15. The molecule has 0 unspecified atom stereocenters. The number of pyridine rings is 1. The first-order valence-corrected chi connectivity index (χ1v) is 7.09. The molecule has 1 saturated heterocycles. The van der Waals surface area contributed by atoms with E-state index in [1.54, 1.807) is 0 Å². The first-order valence-electron chi connectivity index (χ1n) is 7.09. The molecular weight excluding hydrogens is 262 g/mol. The lowest BCUT2D eigenvalue weighted by molar-refractivity contribution is 0.263. The van der Waals surface area contributed by atoms with Crippen LogP contribution in [0.15, 0.2) is 60.8 Å². The van der Waals surface area contributed by atoms with E-state index in [2.05, 4.69) is 41.4 Å². The van der Waals surface area contributed by atoms with Crippen molar-refractivity contribution in [3.05, 3.63) is 60.8 Å². The Morgan fingerprint density at radius 1 is 1.10 bits per heavy atom. The van der Waals surface area contributed by atoms with Crippen LogP contribution in [0.25, 0.3) is 22.0 Å². The third-order valence-electron chi connectivity index (χ3n) is 3.62. The molecule has 1 fully saturated rings. The summed E-state index contributed by atoms with van der Waals surface area (Å²) in [7, 11) is 0. The molecule has 2 aromatic carbocycles. The molecule has 4 rings (SSSR count). The van der Waals surface area contributed by atoms with Crippen molar-refractivity contribution in [2.45, 2.75) is 6.10 Å². The van der Waals surface area contributed by atoms with Gasteiger partial charge in [-0.3, -0.25) is 4.98 Å². The van der Waals surface area contributed by atoms with Crippen LogP contribution < -0.4 is 4.74 Å². The largest absolute Gasteiger partial charge is 0.491 e. The van der Waals surface area contributed by atoms with Gasteiger partial charge in [-0.25, -0.2) is 0 Å². The minimum Gasteiger partial charge on any atom is -0.491 e. The summed E-state index contributed by atoms with van der Waals surface area (Å²) in [5.74, 6) is 0.871. The van der Waals surface area contributed by atoms with E-state index >= 15 is 0 Å². The molecule has 0 radical (unpaired) electrons. The number of epoxide rings is 1. The van der Waals surface area contributed by atoms with Gasteiger partial charge in [-0.2, -0.15) is 0 Å². The number of hydrogen-bond acceptors (Lipinski definition) is 3. The third-order valence-corrected chi connectivity index (χ3v) is 3.62. The molecule has 1 aliphatic heterocycles. The molecule has 104 valence electrons. The van der Waals surface area contributed by atoms with Crippen molar-refractivity contribution in [3.63, 3.8) is 0 Å². The topological polar surface area (TPSA) is 34.6 Å². The van der Waals surface area contributed by atoms with E-state index < -0.39 is 0 Å². The Morgan fingerprint density at radius 3 is 2.86 bits per heavy atom. The van der Waals surface area contributed by atoms with Crippen molar-refractivity contribution in [2.75, 3.05) is 13.2 Å². The van der Waals surface area contributed by atoms with Crippen molar-refractivity contribution in [2.24, 2.45) is 0 Å². The molecule has 0 aliphatic carbocycles. The maximum Gasteiger partial charge on any atom is 0.120 e. The lowest BCUT2D eigenvalue weighted by atomic mass is 10.0. The zero-order valence-corrected chi connectivity index (χ0v) is 11.5. The molecule has 1 aliphatic rings. The van der Waals surface area contributed by atoms with Gasteiger partial charge in [0.1, 0.15) is 18.5 Å². The number of nitrogens with zero attached hydrogens (tertiary/aromatic N) is 1. The van der Waals surface area contributed by atoms with Gasteiger partial charge >= 0.3 is 0 Å². The van der Waals surface area contributed by atoms with Gasteiger partial charge in [-0.05, 0) is 23.8 Å². The smallest absolute Gasteiger partial charge is 0.120 e. The van der Waals surface area contributed by atoms with Gasteiger partial charge in [0.15, 0.2) is 0 Å². The van der Waals surface area contributed by atoms with Crippen molar-refractivity contribution >= 4 is 10.9 Å². The minimum atomic E-state index is 0.271. The fourth-order valence-corrected chi connectivity index (χ4v) is 2.44. The standard InChI is InChI=1S/C18H15NO2/c1-5-14(10-15(7-1)20-11-16-12-21-16)17-8-2-4-13-6-3-9-19-18(13)17/h1-10,16H,11-12H2/t16-/m1/s1. The molecule has 3 aromatic rings. The first kappa shape index (κ1) is 12.4. The number of hydrogen-bond donors (Lipinski definition) is 0. The summed E-state index contributed by atoms with van der Waals surface area (Å²) in [6.07, 6.45) is 2.10. The number of benzene rings is 2. The van der Waals surface area contributed by atoms with Crippen LogP contribution in [-0.4, -0.2) is 24.3 Å². The SMILES string of the molecule is c1cc(OC[C@@H]2CO2)cc(-c2cccc3cccnc23)c1. The Bertz CT molecular complexity index is 776. The van der Waals surface area contributed by atoms with E-state index in [-0.39, 0.29) is 6.10 Å². The highest BCUT2D eigenvalue weighted by atomic mass is 16.6. The summed E-state index contributed by atoms with van der Waals surface area (Å²) in [6.45, 7) is 1.43. The Labute approximate surface area is 123 Å². The Hall–Kier alpha value is -2.39. The van der Waals surface area contributed by atoms with Crippen LogP contribution in [0.4, 0.5) is 0 Å². The maximum atomic E-state index is 5.76. The van der Waals surface area contributed by atoms with Crippen molar-refractivity contribution in [1.29, 1.82) is 0 Å². The number of para-hydroxylation sites is 1. The van der Waals surface area contributed by atoms with Crippen LogP contribution in [0.3, 0.4) is 0 Å². The van der Waals surface area contributed by atoms with Gasteiger partial charge in [0.25, 0.3) is 0 Å². The summed E-state index contributed by atoms with van der Waals surface area (Å²) < 4.78 is 10.9. The number of ether oxygens (including phenoxy) is 2. The Morgan fingerprint density at radius 2 is 1.95 bits per heavy atom. The van der Waals surface area contributed by atoms with E-state index in [1.807, 2.05) is 24.4 Å². The fraction of sp³-hybridized carbons (Fsp3) is 0.167. The minimum absolute atomic E-state index is 0.271. The van der Waals surface area contributed by atoms with Crippen molar-refractivity contribution < 1.29 is 9.47 Å². The fourth-order valence-electron chi connectivity index (χ4n) is 2.44. The van der Waals surface area contributed by atoms with Crippen LogP contribution in [0, 0.1) is 0 Å². The summed E-state index contributed by atoms with van der Waals surface area (Å²) >= 11 is 0. The van der Waals surface area contributed by atoms with Gasteiger partial charge in [0.05, 0.1) is 12.1 Å². The van der Waals surface area contributed by atoms with Gasteiger partial charge in [0.2, 0.25) is 0 Å². The Balaban J connectivity index is 1.72. The molecule has 0 N–H and O–H groups in total. The van der Waals surface area contributed by atoms with Crippen LogP contribution >= 0.6 is 0 Å². The molecule has 1 aromatic heterocycles. The highest BCUT2D eigenvalue weighted by molar-refractivity contribution is 5.93. The van der Waals surface area contributed by atoms with E-state index in [9.17, 15) is 0 Å². The number of fused-ring (bicyclic) bond motifs is 1. The number of rotatable bonds is 4. The first-order chi connectivity index (χ1) is 10.4. The predicted molar refractivity (Wildman–Crippen MR) is 82.4 cm³/mol. The van der Waals surface area contributed by atoms with Crippen LogP contribution in [0.5, 0.6) is 5.75 Å². The molecule has 0 amide bonds. The van der Waals surface area contributed by atoms with Crippen LogP contribution in [0.1, 0.15) is 0 Å². The van der Waals surface area contributed by atoms with E-state index in [4.69, 9.17) is 9.47 Å². The molecule has 3 heteroatoms. The average Bonchev–Trinajstić information content (AvgIpc) is 3.37. The average molecular weight is 277 g/mol. The molecule has 21 heavy (non-hydrogen) atoms. The quantitative estimate of drug-likeness (QED) is 0.682. The van der Waals surface area contributed by atoms with E-state index in [1.165, 1.54) is 0 Å². The molecule has 3 nitrogen and oxygen atoms in total. The highest BCUT2D eigenvalue weighted by Crippen LogP contribution is 2.29. The normalized spacial score (nSPS) is 16.9. The second-order valence-corrected chi connectivity index (χ2v) is 5.17. The van der Waals surface area contributed by atoms with Gasteiger partial charge < -0.3 is 9.47 Å². The molecule has 0 bridgehead atoms. The van der Waals surface area contributed by atoms with E-state index in [0.717, 1.165) is 34.4 Å². The van der Waals surface area contributed by atoms with Crippen molar-refractivity contribution in [3.8, 4) is 16.9 Å². The van der Waals surface area contributed by atoms with Crippen molar-refractivity contribution in [1.82, 2.24) is 4.98 Å². The third kappa shape index (κ3) is 2.60. The molecule has 0 saturated carbocycles. The second-order valence-electron chi connectivity index (χ2n) is 5.17. The molecular formula is C18H15NO2. The Kier molecular flexibility index (Phi) is 3.05. The lowest BCUT2D eigenvalue weighted by Crippen LogP contribution is -2.03. The summed E-state index contributed by atoms with van der Waals surface area (Å²) in [4.78, 5) is 4.51. The molecule has 2 heterocycles. The zero-order chi connectivity index (χ0) is 14.1. The zero-order valence-electron chi connectivity index (χ0n) is 11.5. The molecule has 0 spiro atoms. The second kappa shape index (κ2) is 5.19. The predicted octanol–water partition coefficient (Wildman–Crippen LogP) is 3.68. The molecule has 1 atom stereocenters. The van der Waals surface area contributed by atoms with Crippen LogP contribution in [-0.2, 0) is 4.74 Å². The maximum absolute atomic E-state index is 5.76. The van der Waals surface area contributed by atoms with Crippen LogP contribution in [0.2, 0.25) is 0 Å². The monoisotopic (exact) mass is 277 g/mol. The summed E-state index contributed by atoms with van der Waals surface area (Å²) in [5.41, 5.74) is 3.26. The van der Waals surface area contributed by atoms with Gasteiger partial charge in [0, 0.05) is 17.1 Å².